The summed E-state index contributed by atoms with van der Waals surface area (Å²) < 4.78 is 0. The molecule has 3 nitrogen and oxygen atoms in total. The van der Waals surface area contributed by atoms with E-state index in [1.54, 1.807) is 0 Å². The molecule has 0 amide bonds. The highest BCUT2D eigenvalue weighted by Crippen LogP contribution is 2.47. The minimum absolute atomic E-state index is 0.303. The van der Waals surface area contributed by atoms with Gasteiger partial charge < -0.3 is 0 Å². The van der Waals surface area contributed by atoms with E-state index in [0.717, 1.165) is 59.7 Å². The lowest BCUT2D eigenvalue weighted by Crippen LogP contribution is -2.55. The summed E-state index contributed by atoms with van der Waals surface area (Å²) >= 11 is 0. The van der Waals surface area contributed by atoms with Crippen LogP contribution in [0.4, 0.5) is 0 Å². The number of piperidine rings is 4. The molecule has 4 aliphatic heterocycles. The Labute approximate surface area is 231 Å². The number of nitrogens with zero attached hydrogens (tertiary/aromatic N) is 2. The summed E-state index contributed by atoms with van der Waals surface area (Å²) in [5.74, 6) is 5.35. The van der Waals surface area contributed by atoms with Crippen molar-refractivity contribution >= 4 is 5.78 Å². The third kappa shape index (κ3) is 5.07. The average Bonchev–Trinajstić information content (AvgIpc) is 3.28. The SMILES string of the molecule is O=C1C(=CC=CC2CC3CCCN4CCCC(C2)C34)CCC1=CC=CC1CC2CCCN3CCCC(C1)C23. The predicted octanol–water partition coefficient (Wildman–Crippen LogP) is 7.12. The van der Waals surface area contributed by atoms with Crippen LogP contribution in [0.2, 0.25) is 0 Å². The number of rotatable bonds is 4. The summed E-state index contributed by atoms with van der Waals surface area (Å²) in [4.78, 5) is 18.8. The van der Waals surface area contributed by atoms with Crippen LogP contribution in [0.3, 0.4) is 0 Å². The molecular formula is C35H50N2O. The minimum Gasteiger partial charge on any atom is -0.300 e. The first-order valence-electron chi connectivity index (χ1n) is 16.5. The molecule has 4 heterocycles. The van der Waals surface area contributed by atoms with Gasteiger partial charge in [0.05, 0.1) is 0 Å². The standard InChI is InChI=1S/C35H50N2O/c38-35-27(9-1-7-25-21-29-11-3-17-36-18-4-12-30(22-25)33(29)36)15-16-28(35)10-2-8-26-23-31-13-5-19-37-20-6-14-32(24-26)34(31)37/h1-2,7-10,25-26,29-34H,3-6,11-24H2. The number of hydrogen-bond acceptors (Lipinski definition) is 3. The lowest BCUT2D eigenvalue weighted by molar-refractivity contribution is -0.111. The quantitative estimate of drug-likeness (QED) is 0.373. The van der Waals surface area contributed by atoms with Crippen LogP contribution in [0, 0.1) is 35.5 Å². The largest absolute Gasteiger partial charge is 0.300 e. The van der Waals surface area contributed by atoms with E-state index in [4.69, 9.17) is 0 Å². The van der Waals surface area contributed by atoms with Crippen LogP contribution in [-0.4, -0.2) is 53.8 Å². The molecule has 0 aromatic heterocycles. The number of Topliss-reactive ketones (excluding diaryl/α,β-unsaturated/α-hetero) is 1. The normalized spacial score (nSPS) is 44.3. The molecule has 38 heavy (non-hydrogen) atoms. The number of hydrogen-bond donors (Lipinski definition) is 0. The summed E-state index contributed by atoms with van der Waals surface area (Å²) in [5, 5.41) is 0. The molecular weight excluding hydrogens is 464 g/mol. The molecule has 0 N–H and O–H groups in total. The molecule has 3 aliphatic carbocycles. The Morgan fingerprint density at radius 3 is 1.29 bits per heavy atom. The second-order valence-electron chi connectivity index (χ2n) is 14.1. The van der Waals surface area contributed by atoms with E-state index in [1.807, 2.05) is 0 Å². The minimum atomic E-state index is 0.303. The monoisotopic (exact) mass is 514 g/mol. The van der Waals surface area contributed by atoms with Crippen LogP contribution >= 0.6 is 0 Å². The van der Waals surface area contributed by atoms with Gasteiger partial charge in [-0.3, -0.25) is 14.6 Å². The zero-order chi connectivity index (χ0) is 25.5. The molecule has 3 saturated carbocycles. The van der Waals surface area contributed by atoms with Crippen LogP contribution < -0.4 is 0 Å². The molecule has 0 spiro atoms. The van der Waals surface area contributed by atoms with Gasteiger partial charge in [0.2, 0.25) is 0 Å². The Morgan fingerprint density at radius 2 is 0.921 bits per heavy atom. The Morgan fingerprint density at radius 1 is 0.553 bits per heavy atom. The molecule has 7 fully saturated rings. The highest BCUT2D eigenvalue weighted by Gasteiger charge is 2.44. The summed E-state index contributed by atoms with van der Waals surface area (Å²) in [7, 11) is 0. The van der Waals surface area contributed by atoms with Gasteiger partial charge in [-0.05, 0) is 152 Å². The van der Waals surface area contributed by atoms with Crippen molar-refractivity contribution < 1.29 is 4.79 Å². The van der Waals surface area contributed by atoms with Gasteiger partial charge in [0.25, 0.3) is 0 Å². The smallest absolute Gasteiger partial charge is 0.185 e. The van der Waals surface area contributed by atoms with Crippen molar-refractivity contribution in [3.8, 4) is 0 Å². The van der Waals surface area contributed by atoms with Gasteiger partial charge in [-0.25, -0.2) is 0 Å². The van der Waals surface area contributed by atoms with Crippen molar-refractivity contribution in [3.05, 3.63) is 47.6 Å². The molecule has 0 radical (unpaired) electrons. The number of allylic oxidation sites excluding steroid dienone is 8. The summed E-state index contributed by atoms with van der Waals surface area (Å²) in [5.41, 5.74) is 2.06. The first kappa shape index (κ1) is 25.5. The number of carbonyl (C=O) groups excluding carboxylic acids is 1. The van der Waals surface area contributed by atoms with Gasteiger partial charge in [-0.15, -0.1) is 0 Å². The molecule has 7 rings (SSSR count). The first-order chi connectivity index (χ1) is 18.7. The second-order valence-corrected chi connectivity index (χ2v) is 14.1. The van der Waals surface area contributed by atoms with E-state index in [0.29, 0.717) is 17.6 Å². The highest BCUT2D eigenvalue weighted by molar-refractivity contribution is 6.11. The van der Waals surface area contributed by atoms with Crippen LogP contribution in [0.1, 0.15) is 89.9 Å². The van der Waals surface area contributed by atoms with E-state index in [2.05, 4.69) is 46.3 Å². The Hall–Kier alpha value is -1.45. The molecule has 4 saturated heterocycles. The topological polar surface area (TPSA) is 23.6 Å². The van der Waals surface area contributed by atoms with Gasteiger partial charge in [-0.2, -0.15) is 0 Å². The van der Waals surface area contributed by atoms with Crippen LogP contribution in [0.5, 0.6) is 0 Å². The highest BCUT2D eigenvalue weighted by atomic mass is 16.1. The van der Waals surface area contributed by atoms with Crippen molar-refractivity contribution in [1.29, 1.82) is 0 Å². The third-order valence-electron chi connectivity index (χ3n) is 11.9. The maximum Gasteiger partial charge on any atom is 0.185 e. The van der Waals surface area contributed by atoms with Crippen molar-refractivity contribution in [2.24, 2.45) is 35.5 Å². The lowest BCUT2D eigenvalue weighted by Gasteiger charge is -2.53. The van der Waals surface area contributed by atoms with E-state index >= 15 is 0 Å². The maximum absolute atomic E-state index is 13.1. The first-order valence-corrected chi connectivity index (χ1v) is 16.5. The summed E-state index contributed by atoms with van der Waals surface area (Å²) in [6.07, 6.45) is 32.3. The van der Waals surface area contributed by atoms with Crippen molar-refractivity contribution in [2.75, 3.05) is 26.2 Å². The summed E-state index contributed by atoms with van der Waals surface area (Å²) in [6, 6.07) is 1.76. The van der Waals surface area contributed by atoms with E-state index in [-0.39, 0.29) is 0 Å². The molecule has 3 heteroatoms. The molecule has 4 unspecified atom stereocenters. The molecule has 0 aromatic rings. The van der Waals surface area contributed by atoms with E-state index in [9.17, 15) is 4.79 Å². The molecule has 206 valence electrons. The second kappa shape index (κ2) is 11.2. The third-order valence-corrected chi connectivity index (χ3v) is 11.9. The fraction of sp³-hybridized carbons (Fsp3) is 0.743. The Kier molecular flexibility index (Phi) is 7.52. The van der Waals surface area contributed by atoms with Gasteiger partial charge in [0.1, 0.15) is 0 Å². The lowest BCUT2D eigenvalue weighted by atomic mass is 9.65. The zero-order valence-corrected chi connectivity index (χ0v) is 23.6. The van der Waals surface area contributed by atoms with Crippen LogP contribution in [-0.2, 0) is 4.79 Å². The molecule has 7 aliphatic rings. The zero-order valence-electron chi connectivity index (χ0n) is 23.6. The number of carbonyl (C=O) groups is 1. The fourth-order valence-corrected chi connectivity index (χ4v) is 10.5. The molecule has 0 aromatic carbocycles. The van der Waals surface area contributed by atoms with Gasteiger partial charge in [0.15, 0.2) is 5.78 Å². The average molecular weight is 515 g/mol. The maximum atomic E-state index is 13.1. The number of ketones is 1. The fourth-order valence-electron chi connectivity index (χ4n) is 10.5. The Bertz CT molecular complexity index is 887. The predicted molar refractivity (Wildman–Crippen MR) is 156 cm³/mol. The van der Waals surface area contributed by atoms with Crippen molar-refractivity contribution in [1.82, 2.24) is 9.80 Å². The Balaban J connectivity index is 0.941. The van der Waals surface area contributed by atoms with Gasteiger partial charge in [0, 0.05) is 23.2 Å². The molecule has 4 atom stereocenters. The van der Waals surface area contributed by atoms with Gasteiger partial charge in [-0.1, -0.05) is 36.5 Å². The van der Waals surface area contributed by atoms with E-state index < -0.39 is 0 Å². The van der Waals surface area contributed by atoms with Crippen molar-refractivity contribution in [2.45, 2.75) is 102 Å². The van der Waals surface area contributed by atoms with E-state index in [1.165, 1.54) is 103 Å². The molecule has 0 bridgehead atoms. The van der Waals surface area contributed by atoms with Crippen LogP contribution in [0.25, 0.3) is 0 Å². The van der Waals surface area contributed by atoms with Crippen molar-refractivity contribution in [3.63, 3.8) is 0 Å². The van der Waals surface area contributed by atoms with Crippen LogP contribution in [0.15, 0.2) is 47.6 Å². The van der Waals surface area contributed by atoms with Gasteiger partial charge >= 0.3 is 0 Å². The summed E-state index contributed by atoms with van der Waals surface area (Å²) in [6.45, 7) is 5.38.